The molecule has 0 atom stereocenters. The molecule has 0 saturated carbocycles. The van der Waals surface area contributed by atoms with E-state index in [9.17, 15) is 4.79 Å². The minimum absolute atomic E-state index is 0.490. The smallest absolute Gasteiger partial charge is 0.153 e. The van der Waals surface area contributed by atoms with Crippen LogP contribution in [0.1, 0.15) is 29.3 Å². The Kier molecular flexibility index (Phi) is 5.76. The fourth-order valence-corrected chi connectivity index (χ4v) is 1.87. The molecule has 0 aliphatic heterocycles. The van der Waals surface area contributed by atoms with Gasteiger partial charge in [0.1, 0.15) is 11.5 Å². The number of aldehydes is 1. The van der Waals surface area contributed by atoms with Crippen molar-refractivity contribution in [3.63, 3.8) is 0 Å². The third kappa shape index (κ3) is 4.60. The molecule has 0 aliphatic rings. The molecule has 0 N–H and O–H groups in total. The van der Waals surface area contributed by atoms with Crippen molar-refractivity contribution < 1.29 is 14.3 Å². The van der Waals surface area contributed by atoms with Crippen LogP contribution < -0.4 is 9.47 Å². The van der Waals surface area contributed by atoms with Crippen LogP contribution in [0.5, 0.6) is 11.5 Å². The molecule has 21 heavy (non-hydrogen) atoms. The van der Waals surface area contributed by atoms with Crippen LogP contribution in [0.3, 0.4) is 0 Å². The normalized spacial score (nSPS) is 10.1. The molecule has 0 saturated heterocycles. The number of carbonyl (C=O) groups is 1. The number of rotatable bonds is 8. The molecule has 4 heteroatoms. The maximum atomic E-state index is 11.1. The first-order valence-electron chi connectivity index (χ1n) is 7.07. The van der Waals surface area contributed by atoms with Gasteiger partial charge in [0.25, 0.3) is 0 Å². The summed E-state index contributed by atoms with van der Waals surface area (Å²) in [6, 6.07) is 9.16. The Morgan fingerprint density at radius 2 is 2.10 bits per heavy atom. The topological polar surface area (TPSA) is 48.4 Å². The number of hydrogen-bond acceptors (Lipinski definition) is 4. The predicted octanol–water partition coefficient (Wildman–Crippen LogP) is 3.30. The van der Waals surface area contributed by atoms with Crippen molar-refractivity contribution in [2.24, 2.45) is 0 Å². The average molecular weight is 285 g/mol. The van der Waals surface area contributed by atoms with Crippen LogP contribution in [-0.4, -0.2) is 24.5 Å². The molecule has 0 radical (unpaired) electrons. The number of hydrogen-bond donors (Lipinski definition) is 0. The van der Waals surface area contributed by atoms with Gasteiger partial charge in [-0.25, -0.2) is 0 Å². The number of ether oxygens (including phenoxy) is 2. The minimum atomic E-state index is 0.490. The van der Waals surface area contributed by atoms with Crippen molar-refractivity contribution >= 4 is 6.29 Å². The molecule has 1 heterocycles. The van der Waals surface area contributed by atoms with Crippen molar-refractivity contribution in [3.05, 3.63) is 53.9 Å². The van der Waals surface area contributed by atoms with Crippen molar-refractivity contribution in [1.82, 2.24) is 4.98 Å². The first kappa shape index (κ1) is 15.0. The van der Waals surface area contributed by atoms with E-state index in [1.807, 2.05) is 25.3 Å². The van der Waals surface area contributed by atoms with Crippen LogP contribution in [0, 0.1) is 0 Å². The molecule has 0 unspecified atom stereocenters. The summed E-state index contributed by atoms with van der Waals surface area (Å²) >= 11 is 0. The van der Waals surface area contributed by atoms with Crippen LogP contribution in [0.25, 0.3) is 0 Å². The highest BCUT2D eigenvalue weighted by Gasteiger charge is 2.06. The van der Waals surface area contributed by atoms with Gasteiger partial charge in [0.05, 0.1) is 18.8 Å². The molecule has 1 aromatic carbocycles. The summed E-state index contributed by atoms with van der Waals surface area (Å²) in [6.07, 6.45) is 6.02. The van der Waals surface area contributed by atoms with E-state index in [1.165, 1.54) is 0 Å². The molecular formula is C17H19NO3. The lowest BCUT2D eigenvalue weighted by Gasteiger charge is -2.11. The SMILES string of the molecule is CCCOc1ccc(C=O)c(OCCc2cccnc2)c1. The zero-order valence-electron chi connectivity index (χ0n) is 12.1. The predicted molar refractivity (Wildman–Crippen MR) is 81.1 cm³/mol. The number of carbonyl (C=O) groups excluding carboxylic acids is 1. The highest BCUT2D eigenvalue weighted by molar-refractivity contribution is 5.79. The first-order valence-corrected chi connectivity index (χ1v) is 7.07. The van der Waals surface area contributed by atoms with Gasteiger partial charge in [-0.15, -0.1) is 0 Å². The van der Waals surface area contributed by atoms with Crippen molar-refractivity contribution in [2.45, 2.75) is 19.8 Å². The van der Waals surface area contributed by atoms with Gasteiger partial charge in [0, 0.05) is 24.9 Å². The summed E-state index contributed by atoms with van der Waals surface area (Å²) in [5.74, 6) is 1.28. The van der Waals surface area contributed by atoms with E-state index in [2.05, 4.69) is 4.98 Å². The highest BCUT2D eigenvalue weighted by atomic mass is 16.5. The third-order valence-electron chi connectivity index (χ3n) is 2.96. The van der Waals surface area contributed by atoms with E-state index in [1.54, 1.807) is 24.4 Å². The molecule has 1 aromatic heterocycles. The Labute approximate surface area is 124 Å². The summed E-state index contributed by atoms with van der Waals surface area (Å²) in [6.45, 7) is 3.18. The van der Waals surface area contributed by atoms with Gasteiger partial charge in [0.15, 0.2) is 6.29 Å². The lowest BCUT2D eigenvalue weighted by atomic mass is 10.2. The zero-order valence-corrected chi connectivity index (χ0v) is 12.1. The largest absolute Gasteiger partial charge is 0.493 e. The summed E-state index contributed by atoms with van der Waals surface area (Å²) in [5.41, 5.74) is 1.63. The second-order valence-electron chi connectivity index (χ2n) is 4.63. The molecular weight excluding hydrogens is 266 g/mol. The first-order chi connectivity index (χ1) is 10.3. The highest BCUT2D eigenvalue weighted by Crippen LogP contribution is 2.24. The maximum Gasteiger partial charge on any atom is 0.153 e. The molecule has 0 aliphatic carbocycles. The molecule has 0 amide bonds. The van der Waals surface area contributed by atoms with E-state index < -0.39 is 0 Å². The second kappa shape index (κ2) is 8.04. The maximum absolute atomic E-state index is 11.1. The minimum Gasteiger partial charge on any atom is -0.493 e. The lowest BCUT2D eigenvalue weighted by molar-refractivity contribution is 0.111. The van der Waals surface area contributed by atoms with Crippen LogP contribution in [-0.2, 0) is 6.42 Å². The summed E-state index contributed by atoms with van der Waals surface area (Å²) in [4.78, 5) is 15.1. The van der Waals surface area contributed by atoms with Crippen molar-refractivity contribution in [3.8, 4) is 11.5 Å². The molecule has 2 rings (SSSR count). The van der Waals surface area contributed by atoms with Gasteiger partial charge in [0.2, 0.25) is 0 Å². The number of pyridine rings is 1. The summed E-state index contributed by atoms with van der Waals surface area (Å²) < 4.78 is 11.3. The summed E-state index contributed by atoms with van der Waals surface area (Å²) in [7, 11) is 0. The third-order valence-corrected chi connectivity index (χ3v) is 2.96. The van der Waals surface area contributed by atoms with E-state index in [4.69, 9.17) is 9.47 Å². The van der Waals surface area contributed by atoms with Crippen molar-refractivity contribution in [1.29, 1.82) is 0 Å². The van der Waals surface area contributed by atoms with E-state index in [0.29, 0.717) is 24.5 Å². The lowest BCUT2D eigenvalue weighted by Crippen LogP contribution is -2.04. The molecule has 0 spiro atoms. The molecule has 4 nitrogen and oxygen atoms in total. The quantitative estimate of drug-likeness (QED) is 0.698. The Bertz CT molecular complexity index is 570. The van der Waals surface area contributed by atoms with Crippen LogP contribution in [0.2, 0.25) is 0 Å². The van der Waals surface area contributed by atoms with Gasteiger partial charge in [-0.1, -0.05) is 13.0 Å². The second-order valence-corrected chi connectivity index (χ2v) is 4.63. The summed E-state index contributed by atoms with van der Waals surface area (Å²) in [5, 5.41) is 0. The number of aromatic nitrogens is 1. The molecule has 0 bridgehead atoms. The van der Waals surface area contributed by atoms with Gasteiger partial charge in [-0.3, -0.25) is 9.78 Å². The Balaban J connectivity index is 1.98. The average Bonchev–Trinajstić information content (AvgIpc) is 2.54. The van der Waals surface area contributed by atoms with Crippen molar-refractivity contribution in [2.75, 3.05) is 13.2 Å². The van der Waals surface area contributed by atoms with E-state index >= 15 is 0 Å². The van der Waals surface area contributed by atoms with Crippen LogP contribution in [0.15, 0.2) is 42.7 Å². The molecule has 0 fully saturated rings. The molecule has 2 aromatic rings. The van der Waals surface area contributed by atoms with Gasteiger partial charge in [-0.05, 0) is 30.2 Å². The van der Waals surface area contributed by atoms with E-state index in [-0.39, 0.29) is 0 Å². The van der Waals surface area contributed by atoms with Gasteiger partial charge in [-0.2, -0.15) is 0 Å². The fraction of sp³-hybridized carbons (Fsp3) is 0.294. The number of nitrogens with zero attached hydrogens (tertiary/aromatic N) is 1. The van der Waals surface area contributed by atoms with Gasteiger partial charge >= 0.3 is 0 Å². The van der Waals surface area contributed by atoms with Crippen LogP contribution in [0.4, 0.5) is 0 Å². The van der Waals surface area contributed by atoms with E-state index in [0.717, 1.165) is 30.4 Å². The Morgan fingerprint density at radius 3 is 2.81 bits per heavy atom. The Hall–Kier alpha value is -2.36. The zero-order chi connectivity index (χ0) is 14.9. The monoisotopic (exact) mass is 285 g/mol. The Morgan fingerprint density at radius 1 is 1.19 bits per heavy atom. The van der Waals surface area contributed by atoms with Gasteiger partial charge < -0.3 is 9.47 Å². The fourth-order valence-electron chi connectivity index (χ4n) is 1.87. The van der Waals surface area contributed by atoms with Crippen LogP contribution >= 0.6 is 0 Å². The molecule has 110 valence electrons. The number of benzene rings is 1. The standard InChI is InChI=1S/C17H19NO3/c1-2-9-20-16-6-5-15(13-19)17(11-16)21-10-7-14-4-3-8-18-12-14/h3-6,8,11-13H,2,7,9-10H2,1H3.